The van der Waals surface area contributed by atoms with E-state index >= 15 is 0 Å². The zero-order valence-corrected chi connectivity index (χ0v) is 11.2. The molecule has 0 aliphatic heterocycles. The fourth-order valence-corrected chi connectivity index (χ4v) is 2.14. The van der Waals surface area contributed by atoms with Gasteiger partial charge in [-0.3, -0.25) is 4.98 Å². The Labute approximate surface area is 119 Å². The Kier molecular flexibility index (Phi) is 3.19. The van der Waals surface area contributed by atoms with Crippen molar-refractivity contribution in [3.63, 3.8) is 0 Å². The summed E-state index contributed by atoms with van der Waals surface area (Å²) >= 11 is 12.1. The first-order chi connectivity index (χ1) is 9.25. The molecule has 3 rings (SSSR count). The van der Waals surface area contributed by atoms with E-state index in [9.17, 15) is 0 Å². The Bertz CT molecular complexity index is 746. The maximum absolute atomic E-state index is 6.14. The first-order valence-corrected chi connectivity index (χ1v) is 6.28. The van der Waals surface area contributed by atoms with Gasteiger partial charge >= 0.3 is 0 Å². The molecule has 0 bridgehead atoms. The highest BCUT2D eigenvalue weighted by atomic mass is 35.5. The van der Waals surface area contributed by atoms with E-state index < -0.39 is 0 Å². The summed E-state index contributed by atoms with van der Waals surface area (Å²) in [5, 5.41) is 4.94. The molecule has 4 nitrogen and oxygen atoms in total. The van der Waals surface area contributed by atoms with Crippen LogP contribution >= 0.6 is 23.2 Å². The lowest BCUT2D eigenvalue weighted by molar-refractivity contribution is 1.20. The monoisotopic (exact) mass is 290 g/mol. The summed E-state index contributed by atoms with van der Waals surface area (Å²) in [6, 6.07) is 7.39. The fraction of sp³-hybridized carbons (Fsp3) is 0. The lowest BCUT2D eigenvalue weighted by atomic mass is 10.2. The number of anilines is 2. The molecular weight excluding hydrogens is 283 g/mol. The van der Waals surface area contributed by atoms with Gasteiger partial charge in [0.15, 0.2) is 11.0 Å². The molecule has 0 aliphatic carbocycles. The van der Waals surface area contributed by atoms with Gasteiger partial charge in [-0.05, 0) is 24.3 Å². The lowest BCUT2D eigenvalue weighted by Crippen LogP contribution is -1.97. The molecule has 0 unspecified atom stereocenters. The molecule has 0 saturated heterocycles. The second-order valence-electron chi connectivity index (χ2n) is 3.82. The topological polar surface area (TPSA) is 50.7 Å². The lowest BCUT2D eigenvalue weighted by Gasteiger charge is -2.09. The first-order valence-electron chi connectivity index (χ1n) is 5.52. The number of hydrogen-bond acceptors (Lipinski definition) is 4. The minimum Gasteiger partial charge on any atom is -0.336 e. The van der Waals surface area contributed by atoms with E-state index in [2.05, 4.69) is 20.3 Å². The van der Waals surface area contributed by atoms with E-state index in [0.717, 1.165) is 16.6 Å². The Morgan fingerprint density at radius 3 is 2.58 bits per heavy atom. The number of benzene rings is 1. The maximum atomic E-state index is 6.14. The van der Waals surface area contributed by atoms with Crippen LogP contribution in [-0.4, -0.2) is 15.0 Å². The van der Waals surface area contributed by atoms with Gasteiger partial charge in [0.1, 0.15) is 0 Å². The molecule has 2 heterocycles. The maximum Gasteiger partial charge on any atom is 0.171 e. The molecule has 94 valence electrons. The first kappa shape index (κ1) is 12.1. The molecule has 0 aliphatic rings. The molecule has 1 N–H and O–H groups in total. The van der Waals surface area contributed by atoms with Crippen LogP contribution in [0.2, 0.25) is 10.2 Å². The number of aromatic nitrogens is 3. The number of halogens is 2. The van der Waals surface area contributed by atoms with Gasteiger partial charge in [-0.2, -0.15) is 0 Å². The van der Waals surface area contributed by atoms with Gasteiger partial charge < -0.3 is 5.32 Å². The second-order valence-corrected chi connectivity index (χ2v) is 4.58. The van der Waals surface area contributed by atoms with E-state index in [0.29, 0.717) is 16.0 Å². The Morgan fingerprint density at radius 2 is 1.74 bits per heavy atom. The van der Waals surface area contributed by atoms with Crippen molar-refractivity contribution in [1.82, 2.24) is 15.0 Å². The van der Waals surface area contributed by atoms with Crippen molar-refractivity contribution in [3.05, 3.63) is 53.0 Å². The van der Waals surface area contributed by atoms with Crippen LogP contribution in [0.5, 0.6) is 0 Å². The molecule has 0 fully saturated rings. The van der Waals surface area contributed by atoms with E-state index in [1.54, 1.807) is 18.5 Å². The average molecular weight is 291 g/mol. The van der Waals surface area contributed by atoms with E-state index in [1.165, 1.54) is 6.20 Å². The quantitative estimate of drug-likeness (QED) is 0.773. The molecule has 0 saturated carbocycles. The molecule has 6 heteroatoms. The molecule has 0 atom stereocenters. The van der Waals surface area contributed by atoms with Gasteiger partial charge in [0, 0.05) is 24.0 Å². The Balaban J connectivity index is 2.12. The zero-order valence-electron chi connectivity index (χ0n) is 9.64. The van der Waals surface area contributed by atoms with Gasteiger partial charge in [0.25, 0.3) is 0 Å². The summed E-state index contributed by atoms with van der Waals surface area (Å²) in [5.41, 5.74) is 1.54. The van der Waals surface area contributed by atoms with Gasteiger partial charge in [-0.25, -0.2) is 9.97 Å². The minimum atomic E-state index is 0.307. The molecule has 0 spiro atoms. The summed E-state index contributed by atoms with van der Waals surface area (Å²) in [5.74, 6) is 0.485. The molecule has 19 heavy (non-hydrogen) atoms. The van der Waals surface area contributed by atoms with Crippen molar-refractivity contribution >= 4 is 45.6 Å². The van der Waals surface area contributed by atoms with Crippen LogP contribution in [0.15, 0.2) is 42.9 Å². The van der Waals surface area contributed by atoms with Crippen LogP contribution in [0, 0.1) is 0 Å². The largest absolute Gasteiger partial charge is 0.336 e. The summed E-state index contributed by atoms with van der Waals surface area (Å²) < 4.78 is 0. The predicted octanol–water partition coefficient (Wildman–Crippen LogP) is 4.08. The van der Waals surface area contributed by atoms with Crippen LogP contribution in [0.25, 0.3) is 10.9 Å². The minimum absolute atomic E-state index is 0.307. The summed E-state index contributed by atoms with van der Waals surface area (Å²) in [4.78, 5) is 12.4. The number of pyridine rings is 1. The predicted molar refractivity (Wildman–Crippen MR) is 77.1 cm³/mol. The van der Waals surface area contributed by atoms with Crippen LogP contribution in [0.1, 0.15) is 0 Å². The average Bonchev–Trinajstić information content (AvgIpc) is 2.44. The number of rotatable bonds is 2. The summed E-state index contributed by atoms with van der Waals surface area (Å²) in [6.07, 6.45) is 4.81. The van der Waals surface area contributed by atoms with Crippen molar-refractivity contribution in [2.45, 2.75) is 0 Å². The van der Waals surface area contributed by atoms with Gasteiger partial charge in [-0.15, -0.1) is 0 Å². The van der Waals surface area contributed by atoms with E-state index in [1.807, 2.05) is 18.2 Å². The zero-order chi connectivity index (χ0) is 13.2. The van der Waals surface area contributed by atoms with Gasteiger partial charge in [0.2, 0.25) is 0 Å². The molecular formula is C13H8Cl2N4. The highest BCUT2D eigenvalue weighted by Crippen LogP contribution is 2.30. The molecule has 2 aromatic heterocycles. The van der Waals surface area contributed by atoms with Crippen LogP contribution < -0.4 is 5.32 Å². The van der Waals surface area contributed by atoms with E-state index in [-0.39, 0.29) is 0 Å². The van der Waals surface area contributed by atoms with Crippen LogP contribution in [0.3, 0.4) is 0 Å². The standard InChI is InChI=1S/C13H8Cl2N4/c14-9-3-4-10(11-8(9)2-1-5-16-11)19-13-12(15)17-6-7-18-13/h1-7H,(H,18,19). The molecule has 1 aromatic carbocycles. The van der Waals surface area contributed by atoms with Gasteiger partial charge in [-0.1, -0.05) is 23.2 Å². The SMILES string of the molecule is Clc1nccnc1Nc1ccc(Cl)c2cccnc12. The smallest absolute Gasteiger partial charge is 0.171 e. The van der Waals surface area contributed by atoms with Crippen molar-refractivity contribution in [1.29, 1.82) is 0 Å². The molecule has 0 radical (unpaired) electrons. The van der Waals surface area contributed by atoms with Crippen molar-refractivity contribution in [3.8, 4) is 0 Å². The highest BCUT2D eigenvalue weighted by molar-refractivity contribution is 6.36. The third-order valence-corrected chi connectivity index (χ3v) is 3.23. The number of nitrogens with zero attached hydrogens (tertiary/aromatic N) is 3. The second kappa shape index (κ2) is 4.99. The molecule has 0 amide bonds. The van der Waals surface area contributed by atoms with E-state index in [4.69, 9.17) is 23.2 Å². The summed E-state index contributed by atoms with van der Waals surface area (Å²) in [7, 11) is 0. The third-order valence-electron chi connectivity index (χ3n) is 2.62. The third kappa shape index (κ3) is 2.32. The Morgan fingerprint density at radius 1 is 0.895 bits per heavy atom. The Hall–Kier alpha value is -1.91. The summed E-state index contributed by atoms with van der Waals surface area (Å²) in [6.45, 7) is 0. The van der Waals surface area contributed by atoms with Crippen molar-refractivity contribution in [2.24, 2.45) is 0 Å². The number of fused-ring (bicyclic) bond motifs is 1. The van der Waals surface area contributed by atoms with Crippen molar-refractivity contribution < 1.29 is 0 Å². The highest BCUT2D eigenvalue weighted by Gasteiger charge is 2.08. The fourth-order valence-electron chi connectivity index (χ4n) is 1.77. The number of hydrogen-bond donors (Lipinski definition) is 1. The van der Waals surface area contributed by atoms with Crippen molar-refractivity contribution in [2.75, 3.05) is 5.32 Å². The molecule has 3 aromatic rings. The van der Waals surface area contributed by atoms with Gasteiger partial charge in [0.05, 0.1) is 16.2 Å². The van der Waals surface area contributed by atoms with Crippen LogP contribution in [-0.2, 0) is 0 Å². The number of nitrogens with one attached hydrogen (secondary N) is 1. The van der Waals surface area contributed by atoms with Crippen LogP contribution in [0.4, 0.5) is 11.5 Å². The normalized spacial score (nSPS) is 10.6.